The fourth-order valence-corrected chi connectivity index (χ4v) is 4.76. The maximum atomic E-state index is 4.67. The van der Waals surface area contributed by atoms with E-state index < -0.39 is 0 Å². The summed E-state index contributed by atoms with van der Waals surface area (Å²) >= 11 is 1.79. The first-order chi connectivity index (χ1) is 14.9. The fraction of sp³-hybridized carbons (Fsp3) is 0.120. The van der Waals surface area contributed by atoms with Crippen molar-refractivity contribution in [3.8, 4) is 22.4 Å². The molecule has 4 nitrogen and oxygen atoms in total. The van der Waals surface area contributed by atoms with Crippen molar-refractivity contribution in [2.24, 2.45) is 0 Å². The van der Waals surface area contributed by atoms with Crippen molar-refractivity contribution in [3.05, 3.63) is 90.0 Å². The van der Waals surface area contributed by atoms with Gasteiger partial charge in [0.05, 0.1) is 5.69 Å². The van der Waals surface area contributed by atoms with Crippen LogP contribution in [-0.4, -0.2) is 25.9 Å². The third-order valence-corrected chi connectivity index (χ3v) is 6.23. The van der Waals surface area contributed by atoms with Gasteiger partial charge < -0.3 is 4.98 Å². The van der Waals surface area contributed by atoms with E-state index in [1.54, 1.807) is 11.8 Å². The zero-order chi connectivity index (χ0) is 20.2. The van der Waals surface area contributed by atoms with Crippen LogP contribution in [0.5, 0.6) is 0 Å². The molecule has 0 aliphatic heterocycles. The number of allylic oxidation sites excluding steroid dienone is 2. The van der Waals surface area contributed by atoms with Gasteiger partial charge in [-0.15, -0.1) is 11.8 Å². The van der Waals surface area contributed by atoms with Crippen LogP contribution in [-0.2, 0) is 6.42 Å². The topological polar surface area (TPSA) is 57.4 Å². The molecule has 2 N–H and O–H groups in total. The molecule has 0 unspecified atom stereocenters. The van der Waals surface area contributed by atoms with Crippen LogP contribution < -0.4 is 0 Å². The van der Waals surface area contributed by atoms with E-state index >= 15 is 0 Å². The quantitative estimate of drug-likeness (QED) is 0.370. The number of nitrogens with one attached hydrogen (secondary N) is 2. The van der Waals surface area contributed by atoms with Crippen LogP contribution >= 0.6 is 11.8 Å². The highest BCUT2D eigenvalue weighted by molar-refractivity contribution is 7.99. The second-order valence-electron chi connectivity index (χ2n) is 7.16. The predicted octanol–water partition coefficient (Wildman–Crippen LogP) is 6.23. The molecule has 0 amide bonds. The van der Waals surface area contributed by atoms with Crippen molar-refractivity contribution in [2.75, 3.05) is 5.75 Å². The maximum absolute atomic E-state index is 4.67. The van der Waals surface area contributed by atoms with Crippen LogP contribution in [0, 0.1) is 0 Å². The highest BCUT2D eigenvalue weighted by atomic mass is 32.2. The normalized spacial score (nSPS) is 12.7. The molecule has 4 aromatic rings. The minimum absolute atomic E-state index is 0.957. The van der Waals surface area contributed by atoms with Gasteiger partial charge in [-0.05, 0) is 42.2 Å². The minimum Gasteiger partial charge on any atom is -0.361 e. The molecule has 0 fully saturated rings. The van der Waals surface area contributed by atoms with Crippen LogP contribution in [0.1, 0.15) is 23.2 Å². The zero-order valence-corrected chi connectivity index (χ0v) is 17.3. The lowest BCUT2D eigenvalue weighted by atomic mass is 10.0. The van der Waals surface area contributed by atoms with Gasteiger partial charge in [-0.25, -0.2) is 0 Å². The Morgan fingerprint density at radius 1 is 0.933 bits per heavy atom. The number of aryl methyl sites for hydroxylation is 1. The third-order valence-electron chi connectivity index (χ3n) is 5.25. The average Bonchev–Trinajstić information content (AvgIpc) is 3.31. The van der Waals surface area contributed by atoms with Gasteiger partial charge in [-0.1, -0.05) is 48.6 Å². The summed E-state index contributed by atoms with van der Waals surface area (Å²) in [6.45, 7) is 0. The van der Waals surface area contributed by atoms with Crippen LogP contribution in [0.15, 0.2) is 78.2 Å². The Hall–Kier alpha value is -3.31. The van der Waals surface area contributed by atoms with Gasteiger partial charge in [0.2, 0.25) is 0 Å². The molecule has 1 aliphatic rings. The first kappa shape index (κ1) is 18.7. The highest BCUT2D eigenvalue weighted by Gasteiger charge is 2.17. The van der Waals surface area contributed by atoms with Crippen molar-refractivity contribution in [1.29, 1.82) is 0 Å². The molecular formula is C25H22N4S. The maximum Gasteiger partial charge on any atom is 0.126 e. The van der Waals surface area contributed by atoms with Crippen LogP contribution in [0.3, 0.4) is 0 Å². The van der Waals surface area contributed by atoms with E-state index in [1.807, 2.05) is 30.6 Å². The van der Waals surface area contributed by atoms with Crippen LogP contribution in [0.4, 0.5) is 0 Å². The molecule has 5 rings (SSSR count). The summed E-state index contributed by atoms with van der Waals surface area (Å²) in [5.74, 6) is 0.957. The summed E-state index contributed by atoms with van der Waals surface area (Å²) in [7, 11) is 0. The molecule has 30 heavy (non-hydrogen) atoms. The summed E-state index contributed by atoms with van der Waals surface area (Å²) in [5, 5.41) is 8.97. The SMILES string of the molecule is C1=Cc2[nH]cc(CCSc3n[nH]c(-c4ccccc4)c3-c3ccncc3)c2C=CC1. The molecule has 148 valence electrons. The number of hydrogen-bond acceptors (Lipinski definition) is 3. The van der Waals surface area contributed by atoms with Crippen molar-refractivity contribution in [2.45, 2.75) is 17.9 Å². The lowest BCUT2D eigenvalue weighted by molar-refractivity contribution is 1.00. The van der Waals surface area contributed by atoms with Gasteiger partial charge in [0.25, 0.3) is 0 Å². The molecule has 3 aromatic heterocycles. The van der Waals surface area contributed by atoms with Crippen molar-refractivity contribution >= 4 is 23.9 Å². The largest absolute Gasteiger partial charge is 0.361 e. The summed E-state index contributed by atoms with van der Waals surface area (Å²) in [4.78, 5) is 7.58. The standard InChI is InChI=1S/C25H22N4S/c1-3-7-19(8-4-1)24-23(18-11-14-26-15-12-18)25(29-28-24)30-16-13-20-17-27-22-10-6-2-5-9-21(20)22/h1,3-12,14-15,17,27H,2,13,16H2,(H,28,29). The van der Waals surface area contributed by atoms with Gasteiger partial charge in [0.1, 0.15) is 5.03 Å². The van der Waals surface area contributed by atoms with Gasteiger partial charge >= 0.3 is 0 Å². The molecule has 3 heterocycles. The Balaban J connectivity index is 1.41. The monoisotopic (exact) mass is 410 g/mol. The summed E-state index contributed by atoms with van der Waals surface area (Å²) in [6, 6.07) is 14.5. The van der Waals surface area contributed by atoms with Gasteiger partial charge in [0, 0.05) is 46.7 Å². The molecule has 0 atom stereocenters. The lowest BCUT2D eigenvalue weighted by Crippen LogP contribution is -1.91. The van der Waals surface area contributed by atoms with E-state index in [1.165, 1.54) is 16.8 Å². The average molecular weight is 411 g/mol. The van der Waals surface area contributed by atoms with E-state index in [2.05, 4.69) is 74.9 Å². The number of thioether (sulfide) groups is 1. The second kappa shape index (κ2) is 8.59. The van der Waals surface area contributed by atoms with Crippen LogP contribution in [0.25, 0.3) is 34.5 Å². The Labute approximate surface area is 180 Å². The second-order valence-corrected chi connectivity index (χ2v) is 8.24. The summed E-state index contributed by atoms with van der Waals surface area (Å²) < 4.78 is 0. The summed E-state index contributed by atoms with van der Waals surface area (Å²) in [5.41, 5.74) is 8.32. The molecular weight excluding hydrogens is 388 g/mol. The third kappa shape index (κ3) is 3.76. The van der Waals surface area contributed by atoms with Gasteiger partial charge in [-0.3, -0.25) is 10.1 Å². The molecule has 0 spiro atoms. The Morgan fingerprint density at radius 2 is 1.77 bits per heavy atom. The molecule has 1 aliphatic carbocycles. The molecule has 1 aromatic carbocycles. The number of fused-ring (bicyclic) bond motifs is 1. The number of nitrogens with zero attached hydrogens (tertiary/aromatic N) is 2. The smallest absolute Gasteiger partial charge is 0.126 e. The van der Waals surface area contributed by atoms with Crippen molar-refractivity contribution in [3.63, 3.8) is 0 Å². The first-order valence-corrected chi connectivity index (χ1v) is 11.1. The van der Waals surface area contributed by atoms with Crippen molar-refractivity contribution in [1.82, 2.24) is 20.2 Å². The molecule has 0 saturated carbocycles. The molecule has 0 saturated heterocycles. The van der Waals surface area contributed by atoms with E-state index in [0.717, 1.165) is 46.0 Å². The number of benzene rings is 1. The number of pyridine rings is 1. The van der Waals surface area contributed by atoms with E-state index in [0.29, 0.717) is 0 Å². The van der Waals surface area contributed by atoms with Crippen LogP contribution in [0.2, 0.25) is 0 Å². The Kier molecular flexibility index (Phi) is 5.36. The zero-order valence-electron chi connectivity index (χ0n) is 16.5. The first-order valence-electron chi connectivity index (χ1n) is 10.1. The fourth-order valence-electron chi connectivity index (χ4n) is 3.77. The van der Waals surface area contributed by atoms with E-state index in [9.17, 15) is 0 Å². The summed E-state index contributed by atoms with van der Waals surface area (Å²) in [6.07, 6.45) is 16.6. The molecule has 5 heteroatoms. The van der Waals surface area contributed by atoms with Gasteiger partial charge in [-0.2, -0.15) is 5.10 Å². The van der Waals surface area contributed by atoms with Gasteiger partial charge in [0.15, 0.2) is 0 Å². The lowest BCUT2D eigenvalue weighted by Gasteiger charge is -2.07. The minimum atomic E-state index is 0.957. The van der Waals surface area contributed by atoms with Crippen molar-refractivity contribution < 1.29 is 0 Å². The van der Waals surface area contributed by atoms with E-state index in [-0.39, 0.29) is 0 Å². The Morgan fingerprint density at radius 3 is 2.63 bits per heavy atom. The number of H-pyrrole nitrogens is 2. The molecule has 0 bridgehead atoms. The molecule has 0 radical (unpaired) electrons. The number of aromatic amines is 2. The predicted molar refractivity (Wildman–Crippen MR) is 125 cm³/mol. The number of hydrogen-bond donors (Lipinski definition) is 2. The van der Waals surface area contributed by atoms with E-state index in [4.69, 9.17) is 0 Å². The Bertz CT molecular complexity index is 1190. The number of aromatic nitrogens is 4. The highest BCUT2D eigenvalue weighted by Crippen LogP contribution is 2.38. The number of rotatable bonds is 6.